The lowest BCUT2D eigenvalue weighted by atomic mass is 10.4. The SMILES string of the molecule is CNc1ncnc(N(C)CCOC(C)C)c1Br. The molecule has 0 aliphatic heterocycles. The molecule has 0 bridgehead atoms. The van der Waals surface area contributed by atoms with Gasteiger partial charge in [0.15, 0.2) is 0 Å². The molecule has 1 aromatic heterocycles. The third-order valence-corrected chi connectivity index (χ3v) is 2.98. The molecule has 1 N–H and O–H groups in total. The van der Waals surface area contributed by atoms with E-state index in [4.69, 9.17) is 4.74 Å². The summed E-state index contributed by atoms with van der Waals surface area (Å²) in [4.78, 5) is 10.4. The number of rotatable bonds is 6. The first-order chi connectivity index (χ1) is 8.06. The van der Waals surface area contributed by atoms with Gasteiger partial charge in [-0.1, -0.05) is 0 Å². The maximum atomic E-state index is 5.51. The summed E-state index contributed by atoms with van der Waals surface area (Å²) >= 11 is 3.49. The van der Waals surface area contributed by atoms with E-state index in [0.29, 0.717) is 6.61 Å². The Bertz CT molecular complexity index is 359. The second-order valence-corrected chi connectivity index (χ2v) is 4.74. The fourth-order valence-electron chi connectivity index (χ4n) is 1.33. The van der Waals surface area contributed by atoms with Crippen LogP contribution in [0.4, 0.5) is 11.6 Å². The van der Waals surface area contributed by atoms with Crippen molar-refractivity contribution in [2.45, 2.75) is 20.0 Å². The molecule has 1 rings (SSSR count). The summed E-state index contributed by atoms with van der Waals surface area (Å²) in [6.45, 7) is 5.52. The number of nitrogens with one attached hydrogen (secondary N) is 1. The highest BCUT2D eigenvalue weighted by atomic mass is 79.9. The van der Waals surface area contributed by atoms with Crippen LogP contribution in [0.5, 0.6) is 0 Å². The lowest BCUT2D eigenvalue weighted by Gasteiger charge is -2.20. The first-order valence-corrected chi connectivity index (χ1v) is 6.36. The molecule has 0 amide bonds. The van der Waals surface area contributed by atoms with Gasteiger partial charge in [-0.25, -0.2) is 9.97 Å². The van der Waals surface area contributed by atoms with E-state index in [0.717, 1.165) is 22.7 Å². The first-order valence-electron chi connectivity index (χ1n) is 5.57. The Labute approximate surface area is 111 Å². The average molecular weight is 303 g/mol. The van der Waals surface area contributed by atoms with Gasteiger partial charge in [0.25, 0.3) is 0 Å². The van der Waals surface area contributed by atoms with Gasteiger partial charge in [0.1, 0.15) is 22.4 Å². The Hall–Kier alpha value is -0.880. The van der Waals surface area contributed by atoms with Crippen LogP contribution >= 0.6 is 15.9 Å². The molecule has 0 spiro atoms. The van der Waals surface area contributed by atoms with Crippen molar-refractivity contribution in [3.8, 4) is 0 Å². The summed E-state index contributed by atoms with van der Waals surface area (Å²) in [7, 11) is 3.81. The lowest BCUT2D eigenvalue weighted by molar-refractivity contribution is 0.0845. The topological polar surface area (TPSA) is 50.3 Å². The molecule has 0 aromatic carbocycles. The quantitative estimate of drug-likeness (QED) is 0.872. The minimum absolute atomic E-state index is 0.255. The van der Waals surface area contributed by atoms with E-state index >= 15 is 0 Å². The molecule has 1 heterocycles. The van der Waals surface area contributed by atoms with Crippen LogP contribution in [0, 0.1) is 0 Å². The van der Waals surface area contributed by atoms with Crippen LogP contribution in [0.1, 0.15) is 13.8 Å². The summed E-state index contributed by atoms with van der Waals surface area (Å²) in [5.41, 5.74) is 0. The van der Waals surface area contributed by atoms with Crippen LogP contribution in [0.2, 0.25) is 0 Å². The molecule has 0 aliphatic rings. The number of halogens is 1. The minimum Gasteiger partial charge on any atom is -0.377 e. The molecule has 96 valence electrons. The molecule has 5 nitrogen and oxygen atoms in total. The third kappa shape index (κ3) is 4.12. The molecule has 0 fully saturated rings. The smallest absolute Gasteiger partial charge is 0.148 e. The molecule has 6 heteroatoms. The number of likely N-dealkylation sites (N-methyl/N-ethyl adjacent to an activating group) is 1. The van der Waals surface area contributed by atoms with Crippen molar-refractivity contribution >= 4 is 27.6 Å². The number of aromatic nitrogens is 2. The Kier molecular flexibility index (Phi) is 5.64. The van der Waals surface area contributed by atoms with E-state index < -0.39 is 0 Å². The van der Waals surface area contributed by atoms with Crippen LogP contribution < -0.4 is 10.2 Å². The predicted molar refractivity (Wildman–Crippen MR) is 73.6 cm³/mol. The molecule has 0 saturated heterocycles. The van der Waals surface area contributed by atoms with E-state index in [1.54, 1.807) is 6.33 Å². The van der Waals surface area contributed by atoms with Crippen LogP contribution in [0.3, 0.4) is 0 Å². The van der Waals surface area contributed by atoms with Crippen LogP contribution in [0.15, 0.2) is 10.8 Å². The van der Waals surface area contributed by atoms with E-state index in [2.05, 4.69) is 31.2 Å². The molecule has 0 aliphatic carbocycles. The maximum Gasteiger partial charge on any atom is 0.148 e. The zero-order valence-electron chi connectivity index (χ0n) is 10.7. The molecular weight excluding hydrogens is 284 g/mol. The Morgan fingerprint density at radius 2 is 2.18 bits per heavy atom. The molecule has 0 radical (unpaired) electrons. The summed E-state index contributed by atoms with van der Waals surface area (Å²) in [5.74, 6) is 1.64. The Balaban J connectivity index is 2.65. The predicted octanol–water partition coefficient (Wildman–Crippen LogP) is 2.14. The van der Waals surface area contributed by atoms with Crippen molar-refractivity contribution in [2.24, 2.45) is 0 Å². The van der Waals surface area contributed by atoms with Gasteiger partial charge in [-0.2, -0.15) is 0 Å². The van der Waals surface area contributed by atoms with Gasteiger partial charge >= 0.3 is 0 Å². The fourth-order valence-corrected chi connectivity index (χ4v) is 2.04. The fraction of sp³-hybridized carbons (Fsp3) is 0.636. The van der Waals surface area contributed by atoms with Crippen LogP contribution in [0.25, 0.3) is 0 Å². The highest BCUT2D eigenvalue weighted by Gasteiger charge is 2.11. The number of anilines is 2. The second-order valence-electron chi connectivity index (χ2n) is 3.95. The monoisotopic (exact) mass is 302 g/mol. The number of hydrogen-bond donors (Lipinski definition) is 1. The van der Waals surface area contributed by atoms with Crippen molar-refractivity contribution in [3.05, 3.63) is 10.8 Å². The molecule has 0 saturated carbocycles. The second kappa shape index (κ2) is 6.76. The zero-order chi connectivity index (χ0) is 12.8. The molecular formula is C11H19BrN4O. The van der Waals surface area contributed by atoms with Gasteiger partial charge < -0.3 is 15.0 Å². The third-order valence-electron chi connectivity index (χ3n) is 2.25. The number of nitrogens with zero attached hydrogens (tertiary/aromatic N) is 3. The van der Waals surface area contributed by atoms with Gasteiger partial charge in [0.2, 0.25) is 0 Å². The van der Waals surface area contributed by atoms with E-state index in [1.807, 2.05) is 32.8 Å². The largest absolute Gasteiger partial charge is 0.377 e. The number of hydrogen-bond acceptors (Lipinski definition) is 5. The lowest BCUT2D eigenvalue weighted by Crippen LogP contribution is -2.25. The minimum atomic E-state index is 0.255. The summed E-state index contributed by atoms with van der Waals surface area (Å²) in [6.07, 6.45) is 1.80. The Morgan fingerprint density at radius 1 is 1.47 bits per heavy atom. The van der Waals surface area contributed by atoms with E-state index in [9.17, 15) is 0 Å². The Morgan fingerprint density at radius 3 is 2.76 bits per heavy atom. The molecule has 0 atom stereocenters. The van der Waals surface area contributed by atoms with Gasteiger partial charge in [-0.3, -0.25) is 0 Å². The van der Waals surface area contributed by atoms with Gasteiger partial charge in [-0.15, -0.1) is 0 Å². The normalized spacial score (nSPS) is 10.7. The van der Waals surface area contributed by atoms with E-state index in [1.165, 1.54) is 0 Å². The van der Waals surface area contributed by atoms with E-state index in [-0.39, 0.29) is 6.10 Å². The summed E-state index contributed by atoms with van der Waals surface area (Å²) in [5, 5.41) is 3.01. The van der Waals surface area contributed by atoms with Gasteiger partial charge in [0.05, 0.1) is 12.7 Å². The summed E-state index contributed by atoms with van der Waals surface area (Å²) < 4.78 is 6.38. The first kappa shape index (κ1) is 14.2. The van der Waals surface area contributed by atoms with Gasteiger partial charge in [0, 0.05) is 20.6 Å². The van der Waals surface area contributed by atoms with Crippen molar-refractivity contribution in [3.63, 3.8) is 0 Å². The van der Waals surface area contributed by atoms with Crippen LogP contribution in [-0.2, 0) is 4.74 Å². The highest BCUT2D eigenvalue weighted by Crippen LogP contribution is 2.28. The van der Waals surface area contributed by atoms with Crippen molar-refractivity contribution in [1.29, 1.82) is 0 Å². The number of ether oxygens (including phenoxy) is 1. The van der Waals surface area contributed by atoms with Gasteiger partial charge in [-0.05, 0) is 29.8 Å². The molecule has 0 unspecified atom stereocenters. The highest BCUT2D eigenvalue weighted by molar-refractivity contribution is 9.10. The average Bonchev–Trinajstić information content (AvgIpc) is 2.28. The van der Waals surface area contributed by atoms with Crippen molar-refractivity contribution in [1.82, 2.24) is 9.97 Å². The molecule has 17 heavy (non-hydrogen) atoms. The summed E-state index contributed by atoms with van der Waals surface area (Å²) in [6, 6.07) is 0. The van der Waals surface area contributed by atoms with Crippen molar-refractivity contribution < 1.29 is 4.74 Å². The van der Waals surface area contributed by atoms with Crippen LogP contribution in [-0.4, -0.2) is 43.3 Å². The van der Waals surface area contributed by atoms with Crippen molar-refractivity contribution in [2.75, 3.05) is 37.5 Å². The standard InChI is InChI=1S/C11H19BrN4O/c1-8(2)17-6-5-16(4)11-9(12)10(13-3)14-7-15-11/h7-8H,5-6H2,1-4H3,(H,13,14,15). The maximum absolute atomic E-state index is 5.51. The molecule has 1 aromatic rings. The zero-order valence-corrected chi connectivity index (χ0v) is 12.3.